The summed E-state index contributed by atoms with van der Waals surface area (Å²) < 4.78 is 0. The topological polar surface area (TPSA) is 56.7 Å². The largest absolute Gasteiger partial charge is 0.505 e. The number of aromatic nitrogens is 1. The maximum atomic E-state index is 12.6. The SMILES string of the molecule is CN(C(=O)c1ncccc1O)C1CCCN(Cc2ccccc2)C1. The van der Waals surface area contributed by atoms with E-state index in [0.717, 1.165) is 32.5 Å². The molecule has 0 radical (unpaired) electrons. The molecule has 1 fully saturated rings. The van der Waals surface area contributed by atoms with Crippen LogP contribution in [0.2, 0.25) is 0 Å². The van der Waals surface area contributed by atoms with Crippen molar-refractivity contribution in [2.45, 2.75) is 25.4 Å². The van der Waals surface area contributed by atoms with Crippen LogP contribution in [-0.2, 0) is 6.54 Å². The number of benzene rings is 1. The lowest BCUT2D eigenvalue weighted by Gasteiger charge is -2.37. The number of likely N-dealkylation sites (tertiary alicyclic amines) is 1. The van der Waals surface area contributed by atoms with E-state index in [2.05, 4.69) is 34.1 Å². The zero-order valence-electron chi connectivity index (χ0n) is 13.9. The average molecular weight is 325 g/mol. The standard InChI is InChI=1S/C19H23N3O2/c1-21(19(24)18-17(23)10-5-11-20-18)16-9-6-12-22(14-16)13-15-7-3-2-4-8-15/h2-5,7-8,10-11,16,23H,6,9,12-14H2,1H3. The first kappa shape index (κ1) is 16.5. The number of carbonyl (C=O) groups is 1. The third kappa shape index (κ3) is 3.74. The van der Waals surface area contributed by atoms with Gasteiger partial charge in [0.05, 0.1) is 0 Å². The highest BCUT2D eigenvalue weighted by molar-refractivity contribution is 5.94. The van der Waals surface area contributed by atoms with Crippen LogP contribution in [-0.4, -0.2) is 52.0 Å². The normalized spacial score (nSPS) is 18.3. The summed E-state index contributed by atoms with van der Waals surface area (Å²) in [7, 11) is 1.80. The van der Waals surface area contributed by atoms with E-state index in [1.165, 1.54) is 17.8 Å². The van der Waals surface area contributed by atoms with Crippen molar-refractivity contribution in [3.05, 3.63) is 59.9 Å². The predicted molar refractivity (Wildman–Crippen MR) is 92.7 cm³/mol. The van der Waals surface area contributed by atoms with E-state index in [1.54, 1.807) is 18.0 Å². The number of hydrogen-bond acceptors (Lipinski definition) is 4. The molecule has 0 aliphatic carbocycles. The monoisotopic (exact) mass is 325 g/mol. The molecule has 2 aromatic rings. The van der Waals surface area contributed by atoms with Crippen LogP contribution in [0.25, 0.3) is 0 Å². The van der Waals surface area contributed by atoms with Crippen LogP contribution in [0.3, 0.4) is 0 Å². The van der Waals surface area contributed by atoms with Crippen LogP contribution in [0, 0.1) is 0 Å². The fourth-order valence-corrected chi connectivity index (χ4v) is 3.23. The van der Waals surface area contributed by atoms with Crippen molar-refractivity contribution in [2.75, 3.05) is 20.1 Å². The summed E-state index contributed by atoms with van der Waals surface area (Å²) in [6, 6.07) is 13.6. The molecule has 0 spiro atoms. The van der Waals surface area contributed by atoms with Crippen molar-refractivity contribution in [2.24, 2.45) is 0 Å². The molecule has 126 valence electrons. The third-order valence-corrected chi connectivity index (χ3v) is 4.59. The quantitative estimate of drug-likeness (QED) is 0.938. The molecule has 1 aromatic heterocycles. The Balaban J connectivity index is 1.65. The number of piperidine rings is 1. The fourth-order valence-electron chi connectivity index (χ4n) is 3.23. The summed E-state index contributed by atoms with van der Waals surface area (Å²) in [5, 5.41) is 9.85. The van der Waals surface area contributed by atoms with Crippen molar-refractivity contribution < 1.29 is 9.90 Å². The second-order valence-corrected chi connectivity index (χ2v) is 6.30. The molecule has 3 rings (SSSR count). The second-order valence-electron chi connectivity index (χ2n) is 6.30. The fraction of sp³-hybridized carbons (Fsp3) is 0.368. The van der Waals surface area contributed by atoms with Crippen molar-refractivity contribution in [1.29, 1.82) is 0 Å². The Hall–Kier alpha value is -2.40. The van der Waals surface area contributed by atoms with Gasteiger partial charge in [0.1, 0.15) is 5.75 Å². The maximum Gasteiger partial charge on any atom is 0.276 e. The first-order valence-corrected chi connectivity index (χ1v) is 8.32. The molecule has 0 bridgehead atoms. The lowest BCUT2D eigenvalue weighted by molar-refractivity contribution is 0.0600. The smallest absolute Gasteiger partial charge is 0.276 e. The summed E-state index contributed by atoms with van der Waals surface area (Å²) in [4.78, 5) is 20.7. The maximum absolute atomic E-state index is 12.6. The number of amides is 1. The van der Waals surface area contributed by atoms with E-state index in [9.17, 15) is 9.90 Å². The van der Waals surface area contributed by atoms with E-state index in [0.29, 0.717) is 0 Å². The van der Waals surface area contributed by atoms with Gasteiger partial charge >= 0.3 is 0 Å². The summed E-state index contributed by atoms with van der Waals surface area (Å²) in [6.07, 6.45) is 3.56. The van der Waals surface area contributed by atoms with Crippen molar-refractivity contribution in [1.82, 2.24) is 14.8 Å². The number of hydrogen-bond donors (Lipinski definition) is 1. The molecule has 24 heavy (non-hydrogen) atoms. The van der Waals surface area contributed by atoms with Gasteiger partial charge < -0.3 is 10.0 Å². The van der Waals surface area contributed by atoms with Gasteiger partial charge in [-0.05, 0) is 37.1 Å². The zero-order valence-corrected chi connectivity index (χ0v) is 13.9. The molecule has 1 amide bonds. The molecule has 5 nitrogen and oxygen atoms in total. The summed E-state index contributed by atoms with van der Waals surface area (Å²) in [5.41, 5.74) is 1.41. The molecule has 2 heterocycles. The van der Waals surface area contributed by atoms with Gasteiger partial charge in [-0.3, -0.25) is 9.69 Å². The molecule has 0 saturated carbocycles. The summed E-state index contributed by atoms with van der Waals surface area (Å²) in [6.45, 7) is 2.78. The van der Waals surface area contributed by atoms with Crippen LogP contribution >= 0.6 is 0 Å². The summed E-state index contributed by atoms with van der Waals surface area (Å²) in [5.74, 6) is -0.286. The Morgan fingerprint density at radius 2 is 2.08 bits per heavy atom. The highest BCUT2D eigenvalue weighted by Gasteiger charge is 2.28. The zero-order chi connectivity index (χ0) is 16.9. The van der Waals surface area contributed by atoms with Crippen molar-refractivity contribution in [3.63, 3.8) is 0 Å². The van der Waals surface area contributed by atoms with Gasteiger partial charge in [-0.2, -0.15) is 0 Å². The predicted octanol–water partition coefficient (Wildman–Crippen LogP) is 2.52. The van der Waals surface area contributed by atoms with E-state index in [-0.39, 0.29) is 23.4 Å². The van der Waals surface area contributed by atoms with Gasteiger partial charge in [-0.1, -0.05) is 30.3 Å². The number of nitrogens with zero attached hydrogens (tertiary/aromatic N) is 3. The third-order valence-electron chi connectivity index (χ3n) is 4.59. The minimum atomic E-state index is -0.223. The van der Waals surface area contributed by atoms with E-state index >= 15 is 0 Å². The second kappa shape index (κ2) is 7.45. The Labute approximate surface area is 142 Å². The Morgan fingerprint density at radius 1 is 1.29 bits per heavy atom. The Kier molecular flexibility index (Phi) is 5.11. The van der Waals surface area contributed by atoms with Gasteiger partial charge in [0, 0.05) is 32.4 Å². The van der Waals surface area contributed by atoms with E-state index < -0.39 is 0 Å². The van der Waals surface area contributed by atoms with Crippen LogP contribution in [0.1, 0.15) is 28.9 Å². The molecular weight excluding hydrogens is 302 g/mol. The highest BCUT2D eigenvalue weighted by Crippen LogP contribution is 2.21. The minimum absolute atomic E-state index is 0.0636. The van der Waals surface area contributed by atoms with Gasteiger partial charge in [-0.15, -0.1) is 0 Å². The molecular formula is C19H23N3O2. The van der Waals surface area contributed by atoms with E-state index in [4.69, 9.17) is 0 Å². The molecule has 1 saturated heterocycles. The van der Waals surface area contributed by atoms with Crippen LogP contribution in [0.5, 0.6) is 5.75 Å². The summed E-state index contributed by atoms with van der Waals surface area (Å²) >= 11 is 0. The number of rotatable bonds is 4. The molecule has 1 aromatic carbocycles. The number of likely N-dealkylation sites (N-methyl/N-ethyl adjacent to an activating group) is 1. The minimum Gasteiger partial charge on any atom is -0.505 e. The van der Waals surface area contributed by atoms with E-state index in [1.807, 2.05) is 6.07 Å². The number of aromatic hydroxyl groups is 1. The number of pyridine rings is 1. The molecule has 1 atom stereocenters. The molecule has 5 heteroatoms. The average Bonchev–Trinajstić information content (AvgIpc) is 2.62. The highest BCUT2D eigenvalue weighted by atomic mass is 16.3. The van der Waals surface area contributed by atoms with Crippen LogP contribution in [0.4, 0.5) is 0 Å². The molecule has 1 aliphatic rings. The number of carbonyl (C=O) groups excluding carboxylic acids is 1. The lowest BCUT2D eigenvalue weighted by Crippen LogP contribution is -2.48. The van der Waals surface area contributed by atoms with Gasteiger partial charge in [-0.25, -0.2) is 4.98 Å². The Morgan fingerprint density at radius 3 is 2.83 bits per heavy atom. The molecule has 1 unspecified atom stereocenters. The van der Waals surface area contributed by atoms with Crippen molar-refractivity contribution in [3.8, 4) is 5.75 Å². The van der Waals surface area contributed by atoms with Crippen molar-refractivity contribution >= 4 is 5.91 Å². The van der Waals surface area contributed by atoms with Gasteiger partial charge in [0.2, 0.25) is 0 Å². The molecule has 1 aliphatic heterocycles. The van der Waals surface area contributed by atoms with Crippen LogP contribution in [0.15, 0.2) is 48.7 Å². The molecule has 1 N–H and O–H groups in total. The first-order chi connectivity index (χ1) is 11.6. The van der Waals surface area contributed by atoms with Gasteiger partial charge in [0.15, 0.2) is 5.69 Å². The first-order valence-electron chi connectivity index (χ1n) is 8.32. The van der Waals surface area contributed by atoms with Crippen LogP contribution < -0.4 is 0 Å². The van der Waals surface area contributed by atoms with Gasteiger partial charge in [0.25, 0.3) is 5.91 Å². The Bertz CT molecular complexity index is 690. The lowest BCUT2D eigenvalue weighted by atomic mass is 10.0.